The molecular weight excluding hydrogens is 320 g/mol. The lowest BCUT2D eigenvalue weighted by atomic mass is 10.2. The van der Waals surface area contributed by atoms with Crippen LogP contribution in [-0.2, 0) is 0 Å². The standard InChI is InChI=1S/C19H16N4.ClH/c1-4-10-16(11-5-1)19-20-21-23(18-14-8-3-9-15-18)22(19)17-12-6-2-7-13-17;/h1-15,21H;1H. The van der Waals surface area contributed by atoms with Gasteiger partial charge in [0.1, 0.15) is 0 Å². The number of benzene rings is 3. The van der Waals surface area contributed by atoms with Gasteiger partial charge >= 0.3 is 0 Å². The van der Waals surface area contributed by atoms with Gasteiger partial charge in [-0.1, -0.05) is 66.7 Å². The highest BCUT2D eigenvalue weighted by molar-refractivity contribution is 6.12. The van der Waals surface area contributed by atoms with Crippen molar-refractivity contribution in [2.45, 2.75) is 0 Å². The van der Waals surface area contributed by atoms with Gasteiger partial charge in [-0.3, -0.25) is 0 Å². The first-order chi connectivity index (χ1) is 11.4. The topological polar surface area (TPSA) is 30.9 Å². The molecule has 0 aliphatic carbocycles. The van der Waals surface area contributed by atoms with Gasteiger partial charge in [0.2, 0.25) is 0 Å². The Labute approximate surface area is 147 Å². The third-order valence-corrected chi connectivity index (χ3v) is 3.68. The van der Waals surface area contributed by atoms with E-state index in [-0.39, 0.29) is 12.4 Å². The minimum atomic E-state index is 0. The molecule has 1 aliphatic heterocycles. The number of hydrazone groups is 1. The molecule has 0 spiro atoms. The molecule has 1 N–H and O–H groups in total. The van der Waals surface area contributed by atoms with E-state index < -0.39 is 0 Å². The number of nitrogens with one attached hydrogen (secondary N) is 1. The van der Waals surface area contributed by atoms with Crippen molar-refractivity contribution in [1.82, 2.24) is 5.53 Å². The normalized spacial score (nSPS) is 13.1. The molecule has 5 heteroatoms. The Balaban J connectivity index is 0.00000169. The molecule has 0 saturated carbocycles. The number of hydrazine groups is 2. The molecule has 0 amide bonds. The lowest BCUT2D eigenvalue weighted by Gasteiger charge is -2.30. The predicted molar refractivity (Wildman–Crippen MR) is 101 cm³/mol. The Hall–Kier alpha value is -2.98. The summed E-state index contributed by atoms with van der Waals surface area (Å²) in [6.45, 7) is 0. The number of anilines is 2. The molecule has 0 aromatic heterocycles. The van der Waals surface area contributed by atoms with Crippen LogP contribution in [0.4, 0.5) is 11.4 Å². The van der Waals surface area contributed by atoms with Crippen LogP contribution in [0.5, 0.6) is 0 Å². The molecule has 3 aromatic carbocycles. The van der Waals surface area contributed by atoms with Crippen molar-refractivity contribution in [3.8, 4) is 0 Å². The first-order valence-corrected chi connectivity index (χ1v) is 7.52. The zero-order valence-electron chi connectivity index (χ0n) is 12.9. The second kappa shape index (κ2) is 7.06. The third kappa shape index (κ3) is 2.92. The zero-order chi connectivity index (χ0) is 15.5. The fourth-order valence-electron chi connectivity index (χ4n) is 2.60. The summed E-state index contributed by atoms with van der Waals surface area (Å²) in [5, 5.41) is 8.56. The molecule has 0 bridgehead atoms. The molecule has 0 atom stereocenters. The Kier molecular flexibility index (Phi) is 4.68. The minimum absolute atomic E-state index is 0. The van der Waals surface area contributed by atoms with E-state index >= 15 is 0 Å². The van der Waals surface area contributed by atoms with Gasteiger partial charge in [0, 0.05) is 5.56 Å². The number of hydrogen-bond donors (Lipinski definition) is 1. The van der Waals surface area contributed by atoms with Gasteiger partial charge in [0.25, 0.3) is 0 Å². The number of para-hydroxylation sites is 2. The molecule has 4 rings (SSSR count). The van der Waals surface area contributed by atoms with Crippen molar-refractivity contribution in [2.24, 2.45) is 5.10 Å². The number of rotatable bonds is 3. The highest BCUT2D eigenvalue weighted by atomic mass is 35.5. The van der Waals surface area contributed by atoms with Crippen molar-refractivity contribution < 1.29 is 0 Å². The smallest absolute Gasteiger partial charge is 0.182 e. The summed E-state index contributed by atoms with van der Waals surface area (Å²) in [6.07, 6.45) is 0. The maximum atomic E-state index is 4.54. The predicted octanol–water partition coefficient (Wildman–Crippen LogP) is 4.22. The number of amidine groups is 1. The van der Waals surface area contributed by atoms with Crippen molar-refractivity contribution in [1.29, 1.82) is 0 Å². The van der Waals surface area contributed by atoms with E-state index in [2.05, 4.69) is 39.9 Å². The molecule has 0 unspecified atom stereocenters. The van der Waals surface area contributed by atoms with E-state index in [4.69, 9.17) is 0 Å². The van der Waals surface area contributed by atoms with Crippen LogP contribution >= 0.6 is 12.4 Å². The van der Waals surface area contributed by atoms with Gasteiger partial charge < -0.3 is 0 Å². The van der Waals surface area contributed by atoms with E-state index in [9.17, 15) is 0 Å². The van der Waals surface area contributed by atoms with Crippen LogP contribution in [-0.4, -0.2) is 5.84 Å². The van der Waals surface area contributed by atoms with Gasteiger partial charge in [-0.25, -0.2) is 5.01 Å². The third-order valence-electron chi connectivity index (χ3n) is 3.68. The van der Waals surface area contributed by atoms with Crippen LogP contribution in [0.1, 0.15) is 5.56 Å². The summed E-state index contributed by atoms with van der Waals surface area (Å²) in [7, 11) is 0. The second-order valence-corrected chi connectivity index (χ2v) is 5.20. The van der Waals surface area contributed by atoms with Gasteiger partial charge in [-0.15, -0.1) is 17.5 Å². The number of hydrogen-bond acceptors (Lipinski definition) is 4. The van der Waals surface area contributed by atoms with Crippen molar-refractivity contribution in [3.63, 3.8) is 0 Å². The Morgan fingerprint density at radius 3 is 1.71 bits per heavy atom. The summed E-state index contributed by atoms with van der Waals surface area (Å²) in [6, 6.07) is 30.5. The summed E-state index contributed by atoms with van der Waals surface area (Å²) in [5.74, 6) is 0.862. The molecule has 0 fully saturated rings. The first-order valence-electron chi connectivity index (χ1n) is 7.52. The van der Waals surface area contributed by atoms with Crippen LogP contribution in [0.2, 0.25) is 0 Å². The average molecular weight is 337 g/mol. The van der Waals surface area contributed by atoms with Gasteiger partial charge in [0.15, 0.2) is 5.84 Å². The SMILES string of the molecule is Cl.c1ccc(C2=NNN(c3ccccc3)N2c2ccccc2)cc1. The van der Waals surface area contributed by atoms with Crippen LogP contribution in [0.3, 0.4) is 0 Å². The fraction of sp³-hybridized carbons (Fsp3) is 0. The lowest BCUT2D eigenvalue weighted by Crippen LogP contribution is -2.46. The summed E-state index contributed by atoms with van der Waals surface area (Å²) in [5.41, 5.74) is 6.24. The summed E-state index contributed by atoms with van der Waals surface area (Å²) >= 11 is 0. The van der Waals surface area contributed by atoms with Gasteiger partial charge in [0.05, 0.1) is 11.4 Å². The van der Waals surface area contributed by atoms with E-state index in [1.54, 1.807) is 0 Å². The van der Waals surface area contributed by atoms with E-state index in [0.717, 1.165) is 22.8 Å². The second-order valence-electron chi connectivity index (χ2n) is 5.20. The molecule has 24 heavy (non-hydrogen) atoms. The molecule has 120 valence electrons. The maximum absolute atomic E-state index is 4.54. The zero-order valence-corrected chi connectivity index (χ0v) is 13.7. The molecule has 0 saturated heterocycles. The van der Waals surface area contributed by atoms with Gasteiger partial charge in [-0.2, -0.15) is 10.7 Å². The van der Waals surface area contributed by atoms with Crippen LogP contribution in [0, 0.1) is 0 Å². The number of nitrogens with zero attached hydrogens (tertiary/aromatic N) is 3. The Bertz CT molecular complexity index is 807. The molecular formula is C19H17ClN4. The quantitative estimate of drug-likeness (QED) is 0.777. The molecule has 0 radical (unpaired) electrons. The molecule has 4 nitrogen and oxygen atoms in total. The van der Waals surface area contributed by atoms with E-state index in [0.29, 0.717) is 0 Å². The monoisotopic (exact) mass is 336 g/mol. The first kappa shape index (κ1) is 15.9. The molecule has 1 aliphatic rings. The van der Waals surface area contributed by atoms with E-state index in [1.165, 1.54) is 0 Å². The van der Waals surface area contributed by atoms with Crippen LogP contribution in [0.25, 0.3) is 0 Å². The summed E-state index contributed by atoms with van der Waals surface area (Å²) < 4.78 is 0. The fourth-order valence-corrected chi connectivity index (χ4v) is 2.60. The van der Waals surface area contributed by atoms with Crippen LogP contribution in [0.15, 0.2) is 96.1 Å². The van der Waals surface area contributed by atoms with Crippen LogP contribution < -0.4 is 15.7 Å². The van der Waals surface area contributed by atoms with Gasteiger partial charge in [-0.05, 0) is 24.3 Å². The van der Waals surface area contributed by atoms with E-state index in [1.807, 2.05) is 71.8 Å². The van der Waals surface area contributed by atoms with Crippen molar-refractivity contribution >= 4 is 29.6 Å². The Morgan fingerprint density at radius 1 is 0.625 bits per heavy atom. The molecule has 3 aromatic rings. The molecule has 1 heterocycles. The Morgan fingerprint density at radius 2 is 1.12 bits per heavy atom. The highest BCUT2D eigenvalue weighted by Gasteiger charge is 2.28. The van der Waals surface area contributed by atoms with Crippen molar-refractivity contribution in [3.05, 3.63) is 96.6 Å². The average Bonchev–Trinajstić information content (AvgIpc) is 3.09. The maximum Gasteiger partial charge on any atom is 0.182 e. The summed E-state index contributed by atoms with van der Waals surface area (Å²) in [4.78, 5) is 0. The lowest BCUT2D eigenvalue weighted by molar-refractivity contribution is 0.723. The number of halogens is 1. The minimum Gasteiger partial charge on any atom is -0.213 e. The largest absolute Gasteiger partial charge is 0.213 e. The highest BCUT2D eigenvalue weighted by Crippen LogP contribution is 2.26. The van der Waals surface area contributed by atoms with Crippen molar-refractivity contribution in [2.75, 3.05) is 10.1 Å².